The Labute approximate surface area is 198 Å². The van der Waals surface area contributed by atoms with Crippen LogP contribution in [0.15, 0.2) is 23.4 Å². The number of H-pyrrole nitrogens is 1. The number of ether oxygens (including phenoxy) is 1. The van der Waals surface area contributed by atoms with Gasteiger partial charge in [-0.15, -0.1) is 5.10 Å². The fraction of sp³-hybridized carbons (Fsp3) is 0.583. The molecule has 1 aromatic carbocycles. The summed E-state index contributed by atoms with van der Waals surface area (Å²) in [6.45, 7) is 4.27. The number of carbonyl (C=O) groups is 2. The molecular formula is C24H31N5O3S. The number of carbonyl (C=O) groups excluding carboxylic acids is 2. The molecule has 1 heterocycles. The van der Waals surface area contributed by atoms with Crippen LogP contribution in [0.4, 0.5) is 4.79 Å². The smallest absolute Gasteiger partial charge is 0.321 e. The Bertz CT molecular complexity index is 1020. The van der Waals surface area contributed by atoms with Crippen LogP contribution in [0.1, 0.15) is 55.5 Å². The van der Waals surface area contributed by atoms with Gasteiger partial charge in [-0.1, -0.05) is 23.9 Å². The summed E-state index contributed by atoms with van der Waals surface area (Å²) in [5.74, 6) is 3.33. The van der Waals surface area contributed by atoms with Gasteiger partial charge in [0.25, 0.3) is 0 Å². The maximum absolute atomic E-state index is 12.5. The van der Waals surface area contributed by atoms with Gasteiger partial charge in [0.05, 0.1) is 5.75 Å². The molecule has 0 radical (unpaired) electrons. The number of hydrogen-bond acceptors (Lipinski definition) is 6. The molecule has 0 atom stereocenters. The van der Waals surface area contributed by atoms with Crippen LogP contribution in [0, 0.1) is 31.6 Å². The highest BCUT2D eigenvalue weighted by atomic mass is 32.2. The number of aromatic amines is 1. The lowest BCUT2D eigenvalue weighted by molar-refractivity contribution is -0.117. The van der Waals surface area contributed by atoms with Crippen molar-refractivity contribution in [3.8, 4) is 5.75 Å². The van der Waals surface area contributed by atoms with Crippen LogP contribution in [-0.4, -0.2) is 38.4 Å². The predicted octanol–water partition coefficient (Wildman–Crippen LogP) is 3.89. The number of urea groups is 1. The van der Waals surface area contributed by atoms with Crippen molar-refractivity contribution >= 4 is 23.7 Å². The Hall–Kier alpha value is -2.55. The van der Waals surface area contributed by atoms with E-state index in [1.807, 2.05) is 32.0 Å². The fourth-order valence-corrected chi connectivity index (χ4v) is 6.86. The third-order valence-electron chi connectivity index (χ3n) is 7.22. The van der Waals surface area contributed by atoms with E-state index in [0.717, 1.165) is 53.9 Å². The van der Waals surface area contributed by atoms with Crippen LogP contribution in [0.5, 0.6) is 5.75 Å². The van der Waals surface area contributed by atoms with Gasteiger partial charge in [-0.25, -0.2) is 9.78 Å². The minimum absolute atomic E-state index is 0.0729. The molecule has 6 rings (SSSR count). The van der Waals surface area contributed by atoms with Gasteiger partial charge in [0.15, 0.2) is 5.82 Å². The third kappa shape index (κ3) is 5.18. The second-order valence-electron chi connectivity index (χ2n) is 10.1. The van der Waals surface area contributed by atoms with Crippen molar-refractivity contribution < 1.29 is 14.3 Å². The zero-order valence-corrected chi connectivity index (χ0v) is 20.0. The lowest BCUT2D eigenvalue weighted by Crippen LogP contribution is -2.61. The molecule has 3 N–H and O–H groups in total. The molecule has 33 heavy (non-hydrogen) atoms. The normalized spacial score (nSPS) is 27.4. The molecule has 4 saturated carbocycles. The maximum atomic E-state index is 12.5. The third-order valence-corrected chi connectivity index (χ3v) is 8.07. The van der Waals surface area contributed by atoms with Crippen LogP contribution in [0.25, 0.3) is 0 Å². The zero-order chi connectivity index (χ0) is 23.0. The lowest BCUT2D eigenvalue weighted by atomic mass is 9.53. The van der Waals surface area contributed by atoms with Crippen molar-refractivity contribution in [2.75, 3.05) is 5.75 Å². The molecule has 0 unspecified atom stereocenters. The van der Waals surface area contributed by atoms with E-state index < -0.39 is 0 Å². The van der Waals surface area contributed by atoms with Gasteiger partial charge >= 0.3 is 6.03 Å². The van der Waals surface area contributed by atoms with Crippen LogP contribution >= 0.6 is 11.8 Å². The molecule has 8 nitrogen and oxygen atoms in total. The van der Waals surface area contributed by atoms with E-state index in [9.17, 15) is 9.59 Å². The Balaban J connectivity index is 1.07. The minimum atomic E-state index is -0.375. The molecular weight excluding hydrogens is 438 g/mol. The van der Waals surface area contributed by atoms with Crippen LogP contribution < -0.4 is 15.4 Å². The van der Waals surface area contributed by atoms with Gasteiger partial charge in [-0.3, -0.25) is 15.2 Å². The van der Waals surface area contributed by atoms with Gasteiger partial charge in [-0.2, -0.15) is 0 Å². The number of aromatic nitrogens is 3. The molecule has 4 bridgehead atoms. The molecule has 4 aliphatic carbocycles. The summed E-state index contributed by atoms with van der Waals surface area (Å²) in [5.41, 5.74) is 2.07. The van der Waals surface area contributed by atoms with E-state index in [1.165, 1.54) is 31.0 Å². The molecule has 4 aliphatic rings. The van der Waals surface area contributed by atoms with Gasteiger partial charge < -0.3 is 10.1 Å². The van der Waals surface area contributed by atoms with Crippen molar-refractivity contribution in [2.45, 2.75) is 69.7 Å². The number of aryl methyl sites for hydroxylation is 2. The average molecular weight is 470 g/mol. The number of amides is 3. The largest absolute Gasteiger partial charge is 0.485 e. The fourth-order valence-electron chi connectivity index (χ4n) is 6.24. The highest BCUT2D eigenvalue weighted by Crippen LogP contribution is 2.55. The first kappa shape index (κ1) is 22.3. The van der Waals surface area contributed by atoms with Gasteiger partial charge in [0.1, 0.15) is 12.4 Å². The van der Waals surface area contributed by atoms with E-state index in [4.69, 9.17) is 4.74 Å². The van der Waals surface area contributed by atoms with Crippen molar-refractivity contribution in [3.05, 3.63) is 35.2 Å². The Morgan fingerprint density at radius 1 is 1.15 bits per heavy atom. The standard InChI is InChI=1S/C24H31N5O3S/c1-14-3-4-15(2)19(5-14)32-12-20-25-23(29-28-20)33-13-21(30)26-22(31)27-24-9-16-6-17(10-24)8-18(7-16)11-24/h3-5,16-18H,6-13H2,1-2H3,(H,25,28,29)(H2,26,27,30,31). The maximum Gasteiger partial charge on any atom is 0.321 e. The zero-order valence-electron chi connectivity index (χ0n) is 19.1. The molecule has 0 aliphatic heterocycles. The summed E-state index contributed by atoms with van der Waals surface area (Å²) >= 11 is 1.19. The summed E-state index contributed by atoms with van der Waals surface area (Å²) in [6.07, 6.45) is 7.10. The van der Waals surface area contributed by atoms with E-state index in [0.29, 0.717) is 11.0 Å². The van der Waals surface area contributed by atoms with E-state index in [1.54, 1.807) is 0 Å². The van der Waals surface area contributed by atoms with Crippen LogP contribution in [0.2, 0.25) is 0 Å². The molecule has 1 aromatic heterocycles. The predicted molar refractivity (Wildman–Crippen MR) is 125 cm³/mol. The number of nitrogens with one attached hydrogen (secondary N) is 3. The number of thioether (sulfide) groups is 1. The first-order valence-electron chi connectivity index (χ1n) is 11.7. The number of nitrogens with zero attached hydrogens (tertiary/aromatic N) is 2. The summed E-state index contributed by atoms with van der Waals surface area (Å²) in [4.78, 5) is 29.2. The first-order chi connectivity index (χ1) is 15.9. The molecule has 0 spiro atoms. The SMILES string of the molecule is Cc1ccc(C)c(OCc2nc(SCC(=O)NC(=O)NC34CC5CC(CC(C5)C3)C4)n[nH]2)c1. The van der Waals surface area contributed by atoms with Gasteiger partial charge in [0, 0.05) is 5.54 Å². The monoisotopic (exact) mass is 469 g/mol. The highest BCUT2D eigenvalue weighted by Gasteiger charge is 2.51. The molecule has 9 heteroatoms. The van der Waals surface area contributed by atoms with Crippen molar-refractivity contribution in [1.82, 2.24) is 25.8 Å². The van der Waals surface area contributed by atoms with Crippen molar-refractivity contribution in [3.63, 3.8) is 0 Å². The quantitative estimate of drug-likeness (QED) is 0.531. The number of rotatable bonds is 7. The Morgan fingerprint density at radius 2 is 1.85 bits per heavy atom. The molecule has 176 valence electrons. The number of imide groups is 1. The summed E-state index contributed by atoms with van der Waals surface area (Å²) in [5, 5.41) is 13.1. The van der Waals surface area contributed by atoms with Gasteiger partial charge in [-0.05, 0) is 87.3 Å². The Morgan fingerprint density at radius 3 is 2.55 bits per heavy atom. The molecule has 2 aromatic rings. The summed E-state index contributed by atoms with van der Waals surface area (Å²) in [6, 6.07) is 5.67. The van der Waals surface area contributed by atoms with Gasteiger partial charge in [0.2, 0.25) is 11.1 Å². The second-order valence-corrected chi connectivity index (χ2v) is 11.1. The van der Waals surface area contributed by atoms with Crippen molar-refractivity contribution in [2.24, 2.45) is 17.8 Å². The van der Waals surface area contributed by atoms with E-state index >= 15 is 0 Å². The minimum Gasteiger partial charge on any atom is -0.485 e. The first-order valence-corrected chi connectivity index (χ1v) is 12.7. The van der Waals surface area contributed by atoms with E-state index in [-0.39, 0.29) is 29.8 Å². The molecule has 4 fully saturated rings. The lowest BCUT2D eigenvalue weighted by Gasteiger charge is -2.56. The van der Waals surface area contributed by atoms with Crippen LogP contribution in [-0.2, 0) is 11.4 Å². The Kier molecular flexibility index (Phi) is 6.07. The number of hydrogen-bond donors (Lipinski definition) is 3. The topological polar surface area (TPSA) is 109 Å². The van der Waals surface area contributed by atoms with E-state index in [2.05, 4.69) is 25.8 Å². The molecule has 3 amide bonds. The second kappa shape index (κ2) is 9.00. The average Bonchev–Trinajstić information content (AvgIpc) is 3.19. The summed E-state index contributed by atoms with van der Waals surface area (Å²) < 4.78 is 5.84. The van der Waals surface area contributed by atoms with Crippen LogP contribution in [0.3, 0.4) is 0 Å². The summed E-state index contributed by atoms with van der Waals surface area (Å²) in [7, 11) is 0. The molecule has 0 saturated heterocycles. The number of benzene rings is 1. The highest BCUT2D eigenvalue weighted by molar-refractivity contribution is 7.99. The van der Waals surface area contributed by atoms with Crippen molar-refractivity contribution in [1.29, 1.82) is 0 Å².